The van der Waals surface area contributed by atoms with Crippen molar-refractivity contribution in [1.82, 2.24) is 0 Å². The molecular weight excluding hydrogens is 376 g/mol. The summed E-state index contributed by atoms with van der Waals surface area (Å²) in [5.41, 5.74) is 13.9. The summed E-state index contributed by atoms with van der Waals surface area (Å²) in [5, 5.41) is 0. The summed E-state index contributed by atoms with van der Waals surface area (Å²) in [4.78, 5) is 13.0. The molecule has 0 aliphatic heterocycles. The topological polar surface area (TPSA) is 87.6 Å². The Kier molecular flexibility index (Phi) is 5.35. The van der Waals surface area contributed by atoms with E-state index in [2.05, 4.69) is 0 Å². The average molecular weight is 396 g/mol. The fourth-order valence-corrected chi connectivity index (χ4v) is 2.97. The maximum atomic E-state index is 13.0. The SMILES string of the molecule is Nc1ccccc1Oc1cccc(C(=O)c2cccc(Oc3ccccc3N)c2)c1. The summed E-state index contributed by atoms with van der Waals surface area (Å²) in [5.74, 6) is 2.00. The smallest absolute Gasteiger partial charge is 0.193 e. The number of anilines is 2. The van der Waals surface area contributed by atoms with Gasteiger partial charge < -0.3 is 20.9 Å². The van der Waals surface area contributed by atoms with Crippen molar-refractivity contribution in [3.8, 4) is 23.0 Å². The van der Waals surface area contributed by atoms with Crippen molar-refractivity contribution in [3.63, 3.8) is 0 Å². The van der Waals surface area contributed by atoms with Gasteiger partial charge in [-0.25, -0.2) is 0 Å². The second-order valence-electron chi connectivity index (χ2n) is 6.66. The molecule has 5 nitrogen and oxygen atoms in total. The Morgan fingerprint density at radius 3 is 1.43 bits per heavy atom. The second-order valence-corrected chi connectivity index (χ2v) is 6.66. The first-order valence-electron chi connectivity index (χ1n) is 9.40. The summed E-state index contributed by atoms with van der Waals surface area (Å²) in [6.07, 6.45) is 0. The molecule has 5 heteroatoms. The molecule has 4 rings (SSSR count). The Balaban J connectivity index is 1.56. The fourth-order valence-electron chi connectivity index (χ4n) is 2.97. The van der Waals surface area contributed by atoms with Crippen molar-refractivity contribution in [2.75, 3.05) is 11.5 Å². The van der Waals surface area contributed by atoms with E-state index in [1.165, 1.54) is 0 Å². The molecule has 0 spiro atoms. The van der Waals surface area contributed by atoms with Crippen molar-refractivity contribution in [2.24, 2.45) is 0 Å². The third-order valence-electron chi connectivity index (χ3n) is 4.49. The molecule has 0 atom stereocenters. The number of ether oxygens (including phenoxy) is 2. The van der Waals surface area contributed by atoms with E-state index in [1.807, 2.05) is 24.3 Å². The van der Waals surface area contributed by atoms with Crippen molar-refractivity contribution in [1.29, 1.82) is 0 Å². The molecule has 4 N–H and O–H groups in total. The fraction of sp³-hybridized carbons (Fsp3) is 0. The summed E-state index contributed by atoms with van der Waals surface area (Å²) in [6.45, 7) is 0. The molecule has 4 aromatic rings. The molecule has 0 fully saturated rings. The van der Waals surface area contributed by atoms with Gasteiger partial charge in [-0.05, 0) is 48.5 Å². The van der Waals surface area contributed by atoms with Crippen molar-refractivity contribution in [3.05, 3.63) is 108 Å². The molecule has 0 saturated carbocycles. The standard InChI is InChI=1S/C25H20N2O3/c26-21-11-1-3-13-23(21)29-19-9-5-7-17(15-19)25(28)18-8-6-10-20(16-18)30-24-14-4-2-12-22(24)27/h1-16H,26-27H2. The molecule has 0 heterocycles. The highest BCUT2D eigenvalue weighted by atomic mass is 16.5. The third-order valence-corrected chi connectivity index (χ3v) is 4.49. The van der Waals surface area contributed by atoms with Crippen LogP contribution in [-0.4, -0.2) is 5.78 Å². The zero-order valence-corrected chi connectivity index (χ0v) is 16.1. The van der Waals surface area contributed by atoms with E-state index in [1.54, 1.807) is 72.8 Å². The van der Waals surface area contributed by atoms with E-state index < -0.39 is 0 Å². The molecule has 0 saturated heterocycles. The number of hydrogen-bond acceptors (Lipinski definition) is 5. The monoisotopic (exact) mass is 396 g/mol. The molecule has 148 valence electrons. The van der Waals surface area contributed by atoms with Gasteiger partial charge in [0.25, 0.3) is 0 Å². The van der Waals surface area contributed by atoms with Gasteiger partial charge in [0.15, 0.2) is 5.78 Å². The molecule has 0 amide bonds. The molecule has 4 aromatic carbocycles. The van der Waals surface area contributed by atoms with Gasteiger partial charge in [0, 0.05) is 11.1 Å². The van der Waals surface area contributed by atoms with E-state index in [4.69, 9.17) is 20.9 Å². The zero-order valence-electron chi connectivity index (χ0n) is 16.1. The zero-order chi connectivity index (χ0) is 20.9. The minimum absolute atomic E-state index is 0.145. The lowest BCUT2D eigenvalue weighted by Gasteiger charge is -2.11. The van der Waals surface area contributed by atoms with Crippen LogP contribution in [0.1, 0.15) is 15.9 Å². The lowest BCUT2D eigenvalue weighted by atomic mass is 10.0. The van der Waals surface area contributed by atoms with Gasteiger partial charge in [0.05, 0.1) is 11.4 Å². The van der Waals surface area contributed by atoms with Gasteiger partial charge in [-0.2, -0.15) is 0 Å². The number of benzene rings is 4. The van der Waals surface area contributed by atoms with Crippen LogP contribution in [-0.2, 0) is 0 Å². The first-order valence-corrected chi connectivity index (χ1v) is 9.40. The average Bonchev–Trinajstić information content (AvgIpc) is 2.77. The van der Waals surface area contributed by atoms with Crippen LogP contribution >= 0.6 is 0 Å². The lowest BCUT2D eigenvalue weighted by molar-refractivity contribution is 0.103. The summed E-state index contributed by atoms with van der Waals surface area (Å²) >= 11 is 0. The van der Waals surface area contributed by atoms with Gasteiger partial charge in [0.1, 0.15) is 23.0 Å². The number of rotatable bonds is 6. The Bertz CT molecular complexity index is 1110. The summed E-state index contributed by atoms with van der Waals surface area (Å²) < 4.78 is 11.7. The Labute approximate surface area is 174 Å². The van der Waals surface area contributed by atoms with Crippen LogP contribution in [0, 0.1) is 0 Å². The highest BCUT2D eigenvalue weighted by Crippen LogP contribution is 2.30. The number of ketones is 1. The molecule has 0 aliphatic rings. The Morgan fingerprint density at radius 1 is 0.567 bits per heavy atom. The van der Waals surface area contributed by atoms with E-state index in [-0.39, 0.29) is 5.78 Å². The first-order chi connectivity index (χ1) is 14.6. The highest BCUT2D eigenvalue weighted by molar-refractivity contribution is 6.09. The molecule has 0 radical (unpaired) electrons. The molecule has 0 aromatic heterocycles. The van der Waals surface area contributed by atoms with Crippen LogP contribution in [0.3, 0.4) is 0 Å². The molecule has 0 unspecified atom stereocenters. The van der Waals surface area contributed by atoms with Crippen LogP contribution in [0.4, 0.5) is 11.4 Å². The van der Waals surface area contributed by atoms with Gasteiger partial charge in [0.2, 0.25) is 0 Å². The van der Waals surface area contributed by atoms with Crippen molar-refractivity contribution in [2.45, 2.75) is 0 Å². The number of para-hydroxylation sites is 4. The Morgan fingerprint density at radius 2 is 1.00 bits per heavy atom. The van der Waals surface area contributed by atoms with Crippen molar-refractivity contribution < 1.29 is 14.3 Å². The number of nitrogens with two attached hydrogens (primary N) is 2. The van der Waals surface area contributed by atoms with Crippen LogP contribution in [0.5, 0.6) is 23.0 Å². The highest BCUT2D eigenvalue weighted by Gasteiger charge is 2.12. The first kappa shape index (κ1) is 19.1. The van der Waals surface area contributed by atoms with Crippen LogP contribution in [0.15, 0.2) is 97.1 Å². The van der Waals surface area contributed by atoms with Crippen LogP contribution in [0.2, 0.25) is 0 Å². The summed E-state index contributed by atoms with van der Waals surface area (Å²) in [7, 11) is 0. The van der Waals surface area contributed by atoms with E-state index in [0.29, 0.717) is 45.5 Å². The largest absolute Gasteiger partial charge is 0.455 e. The van der Waals surface area contributed by atoms with Crippen LogP contribution < -0.4 is 20.9 Å². The molecule has 0 aliphatic carbocycles. The predicted molar refractivity (Wildman–Crippen MR) is 118 cm³/mol. The quantitative estimate of drug-likeness (QED) is 0.324. The number of nitrogen functional groups attached to an aromatic ring is 2. The minimum atomic E-state index is -0.145. The summed E-state index contributed by atoms with van der Waals surface area (Å²) in [6, 6.07) is 28.4. The van der Waals surface area contributed by atoms with Gasteiger partial charge in [-0.15, -0.1) is 0 Å². The van der Waals surface area contributed by atoms with Gasteiger partial charge in [-0.3, -0.25) is 4.79 Å². The third kappa shape index (κ3) is 4.25. The maximum Gasteiger partial charge on any atom is 0.193 e. The second kappa shape index (κ2) is 8.41. The minimum Gasteiger partial charge on any atom is -0.455 e. The van der Waals surface area contributed by atoms with E-state index in [0.717, 1.165) is 0 Å². The van der Waals surface area contributed by atoms with E-state index in [9.17, 15) is 4.79 Å². The van der Waals surface area contributed by atoms with Crippen molar-refractivity contribution >= 4 is 17.2 Å². The van der Waals surface area contributed by atoms with Gasteiger partial charge >= 0.3 is 0 Å². The lowest BCUT2D eigenvalue weighted by Crippen LogP contribution is -2.02. The number of hydrogen-bond donors (Lipinski definition) is 2. The molecule has 30 heavy (non-hydrogen) atoms. The normalized spacial score (nSPS) is 10.4. The Hall–Kier alpha value is -4.25. The maximum absolute atomic E-state index is 13.0. The van der Waals surface area contributed by atoms with Gasteiger partial charge in [-0.1, -0.05) is 48.5 Å². The van der Waals surface area contributed by atoms with Crippen LogP contribution in [0.25, 0.3) is 0 Å². The predicted octanol–water partition coefficient (Wildman–Crippen LogP) is 5.67. The number of carbonyl (C=O) groups excluding carboxylic acids is 1. The number of carbonyl (C=O) groups is 1. The molecule has 0 bridgehead atoms. The molecular formula is C25H20N2O3. The van der Waals surface area contributed by atoms with E-state index >= 15 is 0 Å².